The molecular formula is C19H11Cl2N3O2. The summed E-state index contributed by atoms with van der Waals surface area (Å²) in [5.74, 6) is 0.496. The standard InChI is InChI=1S/C19H11Cl2N3O2/c20-13-5-7-16(17(21)9-13)19(25)24-23-11-14-6-8-18(26-14)15-4-2-1-3-12(15)10-22/h1-9,11H,(H,24,25). The van der Waals surface area contributed by atoms with E-state index in [2.05, 4.69) is 16.6 Å². The summed E-state index contributed by atoms with van der Waals surface area (Å²) in [5, 5.41) is 13.7. The summed E-state index contributed by atoms with van der Waals surface area (Å²) >= 11 is 11.8. The van der Waals surface area contributed by atoms with Gasteiger partial charge in [-0.25, -0.2) is 5.43 Å². The lowest BCUT2D eigenvalue weighted by Crippen LogP contribution is -2.17. The fourth-order valence-corrected chi connectivity index (χ4v) is 2.75. The molecule has 1 heterocycles. The molecular weight excluding hydrogens is 373 g/mol. The van der Waals surface area contributed by atoms with E-state index in [1.807, 2.05) is 6.07 Å². The average molecular weight is 384 g/mol. The zero-order valence-corrected chi connectivity index (χ0v) is 14.8. The fourth-order valence-electron chi connectivity index (χ4n) is 2.25. The number of halogens is 2. The number of amides is 1. The van der Waals surface area contributed by atoms with Crippen molar-refractivity contribution in [3.63, 3.8) is 0 Å². The number of rotatable bonds is 4. The molecule has 128 valence electrons. The van der Waals surface area contributed by atoms with Crippen LogP contribution >= 0.6 is 23.2 Å². The maximum Gasteiger partial charge on any atom is 0.272 e. The SMILES string of the molecule is N#Cc1ccccc1-c1ccc(C=NNC(=O)c2ccc(Cl)cc2Cl)o1. The number of nitrogens with zero attached hydrogens (tertiary/aromatic N) is 2. The molecule has 0 spiro atoms. The smallest absolute Gasteiger partial charge is 0.272 e. The van der Waals surface area contributed by atoms with E-state index in [1.54, 1.807) is 36.4 Å². The highest BCUT2D eigenvalue weighted by Crippen LogP contribution is 2.25. The Kier molecular flexibility index (Phi) is 5.37. The minimum absolute atomic E-state index is 0.235. The van der Waals surface area contributed by atoms with Crippen LogP contribution in [0.1, 0.15) is 21.7 Å². The first-order chi connectivity index (χ1) is 12.6. The number of benzene rings is 2. The Bertz CT molecular complexity index is 1040. The van der Waals surface area contributed by atoms with Gasteiger partial charge < -0.3 is 4.42 Å². The topological polar surface area (TPSA) is 78.4 Å². The van der Waals surface area contributed by atoms with Gasteiger partial charge in [-0.1, -0.05) is 35.3 Å². The highest BCUT2D eigenvalue weighted by atomic mass is 35.5. The van der Waals surface area contributed by atoms with E-state index in [-0.39, 0.29) is 10.6 Å². The molecule has 0 fully saturated rings. The van der Waals surface area contributed by atoms with Crippen molar-refractivity contribution in [2.75, 3.05) is 0 Å². The molecule has 0 unspecified atom stereocenters. The van der Waals surface area contributed by atoms with Crippen molar-refractivity contribution in [2.45, 2.75) is 0 Å². The number of hydrazone groups is 1. The summed E-state index contributed by atoms with van der Waals surface area (Å²) in [6.07, 6.45) is 1.36. The second-order valence-corrected chi connectivity index (χ2v) is 6.03. The van der Waals surface area contributed by atoms with Gasteiger partial charge in [0.25, 0.3) is 5.91 Å². The van der Waals surface area contributed by atoms with Gasteiger partial charge in [-0.2, -0.15) is 10.4 Å². The summed E-state index contributed by atoms with van der Waals surface area (Å²) in [7, 11) is 0. The van der Waals surface area contributed by atoms with E-state index in [9.17, 15) is 4.79 Å². The molecule has 0 radical (unpaired) electrons. The van der Waals surface area contributed by atoms with Crippen molar-refractivity contribution in [1.29, 1.82) is 5.26 Å². The monoisotopic (exact) mass is 383 g/mol. The first kappa shape index (κ1) is 17.7. The van der Waals surface area contributed by atoms with Gasteiger partial charge in [-0.05, 0) is 42.5 Å². The maximum atomic E-state index is 12.1. The van der Waals surface area contributed by atoms with E-state index in [0.717, 1.165) is 0 Å². The molecule has 5 nitrogen and oxygen atoms in total. The third-order valence-corrected chi connectivity index (χ3v) is 4.02. The second-order valence-electron chi connectivity index (χ2n) is 5.18. The van der Waals surface area contributed by atoms with Crippen molar-refractivity contribution in [3.05, 3.63) is 81.5 Å². The summed E-state index contributed by atoms with van der Waals surface area (Å²) in [6.45, 7) is 0. The maximum absolute atomic E-state index is 12.1. The number of carbonyl (C=O) groups excluding carboxylic acids is 1. The summed E-state index contributed by atoms with van der Waals surface area (Å²) in [4.78, 5) is 12.1. The van der Waals surface area contributed by atoms with E-state index >= 15 is 0 Å². The molecule has 0 bridgehead atoms. The minimum atomic E-state index is -0.468. The predicted octanol–water partition coefficient (Wildman–Crippen LogP) is 4.89. The number of hydrogen-bond acceptors (Lipinski definition) is 4. The van der Waals surface area contributed by atoms with Gasteiger partial charge in [-0.15, -0.1) is 0 Å². The lowest BCUT2D eigenvalue weighted by Gasteiger charge is -2.02. The average Bonchev–Trinajstić information content (AvgIpc) is 3.10. The molecule has 26 heavy (non-hydrogen) atoms. The Morgan fingerprint density at radius 2 is 1.96 bits per heavy atom. The van der Waals surface area contributed by atoms with Crippen molar-refractivity contribution in [3.8, 4) is 17.4 Å². The largest absolute Gasteiger partial charge is 0.455 e. The Balaban J connectivity index is 1.71. The van der Waals surface area contributed by atoms with Crippen LogP contribution in [0, 0.1) is 11.3 Å². The molecule has 2 aromatic carbocycles. The quantitative estimate of drug-likeness (QED) is 0.514. The molecule has 3 rings (SSSR count). The highest BCUT2D eigenvalue weighted by Gasteiger charge is 2.10. The Morgan fingerprint density at radius 3 is 2.73 bits per heavy atom. The van der Waals surface area contributed by atoms with Crippen molar-refractivity contribution >= 4 is 35.3 Å². The van der Waals surface area contributed by atoms with Crippen LogP contribution in [-0.4, -0.2) is 12.1 Å². The Hall–Kier alpha value is -3.07. The number of nitrogens with one attached hydrogen (secondary N) is 1. The first-order valence-electron chi connectivity index (χ1n) is 7.46. The molecule has 0 saturated heterocycles. The summed E-state index contributed by atoms with van der Waals surface area (Å²) < 4.78 is 5.64. The van der Waals surface area contributed by atoms with E-state index in [4.69, 9.17) is 32.9 Å². The fraction of sp³-hybridized carbons (Fsp3) is 0. The van der Waals surface area contributed by atoms with Gasteiger partial charge in [0.05, 0.1) is 28.4 Å². The first-order valence-corrected chi connectivity index (χ1v) is 8.22. The van der Waals surface area contributed by atoms with E-state index in [0.29, 0.717) is 27.7 Å². The zero-order chi connectivity index (χ0) is 18.5. The van der Waals surface area contributed by atoms with Crippen LogP contribution in [0.4, 0.5) is 0 Å². The third-order valence-electron chi connectivity index (χ3n) is 3.47. The van der Waals surface area contributed by atoms with Gasteiger partial charge in [0.1, 0.15) is 11.5 Å². The zero-order valence-electron chi connectivity index (χ0n) is 13.2. The van der Waals surface area contributed by atoms with Crippen LogP contribution in [0.25, 0.3) is 11.3 Å². The Morgan fingerprint density at radius 1 is 1.15 bits per heavy atom. The molecule has 1 N–H and O–H groups in total. The molecule has 1 amide bonds. The molecule has 1 aromatic heterocycles. The number of furan rings is 1. The number of nitriles is 1. The van der Waals surface area contributed by atoms with Crippen LogP contribution in [0.3, 0.4) is 0 Å². The molecule has 3 aromatic rings. The van der Waals surface area contributed by atoms with Crippen molar-refractivity contribution in [2.24, 2.45) is 5.10 Å². The van der Waals surface area contributed by atoms with Crippen LogP contribution in [0.2, 0.25) is 10.0 Å². The lowest BCUT2D eigenvalue weighted by atomic mass is 10.1. The van der Waals surface area contributed by atoms with Gasteiger partial charge in [0.2, 0.25) is 0 Å². The third kappa shape index (κ3) is 3.94. The van der Waals surface area contributed by atoms with E-state index in [1.165, 1.54) is 18.3 Å². The van der Waals surface area contributed by atoms with Gasteiger partial charge in [-0.3, -0.25) is 4.79 Å². The van der Waals surface area contributed by atoms with Crippen LogP contribution in [-0.2, 0) is 0 Å². The highest BCUT2D eigenvalue weighted by molar-refractivity contribution is 6.36. The minimum Gasteiger partial charge on any atom is -0.455 e. The molecule has 0 aliphatic carbocycles. The summed E-state index contributed by atoms with van der Waals surface area (Å²) in [6, 6.07) is 17.2. The summed E-state index contributed by atoms with van der Waals surface area (Å²) in [5.41, 5.74) is 3.83. The second kappa shape index (κ2) is 7.87. The van der Waals surface area contributed by atoms with Crippen LogP contribution < -0.4 is 5.43 Å². The van der Waals surface area contributed by atoms with Gasteiger partial charge >= 0.3 is 0 Å². The molecule has 0 atom stereocenters. The van der Waals surface area contributed by atoms with Crippen molar-refractivity contribution in [1.82, 2.24) is 5.43 Å². The predicted molar refractivity (Wildman–Crippen MR) is 100 cm³/mol. The molecule has 0 aliphatic heterocycles. The van der Waals surface area contributed by atoms with E-state index < -0.39 is 5.91 Å². The Labute approximate surface area is 159 Å². The van der Waals surface area contributed by atoms with Crippen LogP contribution in [0.15, 0.2) is 64.1 Å². The number of carbonyl (C=O) groups is 1. The van der Waals surface area contributed by atoms with Gasteiger partial charge in [0.15, 0.2) is 0 Å². The van der Waals surface area contributed by atoms with Gasteiger partial charge in [0, 0.05) is 10.6 Å². The lowest BCUT2D eigenvalue weighted by molar-refractivity contribution is 0.0955. The normalized spacial score (nSPS) is 10.7. The number of hydrogen-bond donors (Lipinski definition) is 1. The molecule has 0 saturated carbocycles. The van der Waals surface area contributed by atoms with Crippen molar-refractivity contribution < 1.29 is 9.21 Å². The van der Waals surface area contributed by atoms with Crippen LogP contribution in [0.5, 0.6) is 0 Å². The molecule has 7 heteroatoms. The molecule has 0 aliphatic rings.